The molecule has 2 aliphatic heterocycles. The summed E-state index contributed by atoms with van der Waals surface area (Å²) in [6.45, 7) is 6.30. The van der Waals surface area contributed by atoms with Gasteiger partial charge in [0, 0.05) is 36.5 Å². The van der Waals surface area contributed by atoms with Gasteiger partial charge >= 0.3 is 0 Å². The SMILES string of the molecule is CCc1ccc(C(=O)N2CCC3(CC2)SCCN3C(=O)c2cccc(C)c2)cc1. The molecule has 4 nitrogen and oxygen atoms in total. The molecule has 29 heavy (non-hydrogen) atoms. The van der Waals surface area contributed by atoms with Crippen LogP contribution in [0.2, 0.25) is 0 Å². The number of amides is 2. The molecule has 0 unspecified atom stereocenters. The van der Waals surface area contributed by atoms with Crippen LogP contribution in [0.25, 0.3) is 0 Å². The van der Waals surface area contributed by atoms with Gasteiger partial charge < -0.3 is 9.80 Å². The molecule has 2 aromatic rings. The zero-order valence-electron chi connectivity index (χ0n) is 17.2. The Balaban J connectivity index is 1.45. The quantitative estimate of drug-likeness (QED) is 0.757. The van der Waals surface area contributed by atoms with Gasteiger partial charge in [0.05, 0.1) is 4.87 Å². The number of rotatable bonds is 3. The molecule has 2 amide bonds. The van der Waals surface area contributed by atoms with Crippen molar-refractivity contribution in [3.63, 3.8) is 0 Å². The van der Waals surface area contributed by atoms with Crippen molar-refractivity contribution < 1.29 is 9.59 Å². The molecule has 152 valence electrons. The van der Waals surface area contributed by atoms with E-state index in [1.165, 1.54) is 5.56 Å². The van der Waals surface area contributed by atoms with Gasteiger partial charge in [-0.1, -0.05) is 36.8 Å². The predicted octanol–water partition coefficient (Wildman–Crippen LogP) is 4.38. The Morgan fingerprint density at radius 3 is 2.34 bits per heavy atom. The smallest absolute Gasteiger partial charge is 0.255 e. The van der Waals surface area contributed by atoms with Crippen LogP contribution in [0.15, 0.2) is 48.5 Å². The third-order valence-electron chi connectivity index (χ3n) is 6.13. The molecular weight excluding hydrogens is 380 g/mol. The molecule has 0 aromatic heterocycles. The Hall–Kier alpha value is -2.27. The van der Waals surface area contributed by atoms with Crippen LogP contribution in [0.4, 0.5) is 0 Å². The van der Waals surface area contributed by atoms with Crippen molar-refractivity contribution in [3.05, 3.63) is 70.8 Å². The summed E-state index contributed by atoms with van der Waals surface area (Å²) in [5, 5.41) is 0. The highest BCUT2D eigenvalue weighted by atomic mass is 32.2. The lowest BCUT2D eigenvalue weighted by molar-refractivity contribution is 0.0497. The first kappa shape index (κ1) is 20.0. The summed E-state index contributed by atoms with van der Waals surface area (Å²) in [6.07, 6.45) is 2.63. The summed E-state index contributed by atoms with van der Waals surface area (Å²) in [6, 6.07) is 15.8. The van der Waals surface area contributed by atoms with E-state index in [9.17, 15) is 9.59 Å². The van der Waals surface area contributed by atoms with E-state index >= 15 is 0 Å². The monoisotopic (exact) mass is 408 g/mol. The van der Waals surface area contributed by atoms with Gasteiger partial charge in [-0.15, -0.1) is 11.8 Å². The summed E-state index contributed by atoms with van der Waals surface area (Å²) in [5.74, 6) is 1.18. The average molecular weight is 409 g/mol. The molecule has 1 spiro atoms. The zero-order valence-corrected chi connectivity index (χ0v) is 18.0. The number of hydrogen-bond acceptors (Lipinski definition) is 3. The summed E-state index contributed by atoms with van der Waals surface area (Å²) in [4.78, 5) is 29.9. The maximum atomic E-state index is 13.2. The topological polar surface area (TPSA) is 40.6 Å². The Morgan fingerprint density at radius 1 is 0.966 bits per heavy atom. The van der Waals surface area contributed by atoms with Gasteiger partial charge in [0.2, 0.25) is 0 Å². The van der Waals surface area contributed by atoms with Crippen molar-refractivity contribution in [2.75, 3.05) is 25.4 Å². The van der Waals surface area contributed by atoms with Crippen molar-refractivity contribution >= 4 is 23.6 Å². The second-order valence-corrected chi connectivity index (χ2v) is 9.42. The van der Waals surface area contributed by atoms with Crippen molar-refractivity contribution in [2.45, 2.75) is 38.0 Å². The highest BCUT2D eigenvalue weighted by Gasteiger charge is 2.47. The molecule has 0 saturated carbocycles. The van der Waals surface area contributed by atoms with Gasteiger partial charge in [-0.05, 0) is 56.0 Å². The number of piperidine rings is 1. The van der Waals surface area contributed by atoms with Crippen LogP contribution in [0.3, 0.4) is 0 Å². The maximum Gasteiger partial charge on any atom is 0.255 e. The third-order valence-corrected chi connectivity index (χ3v) is 7.68. The summed E-state index contributed by atoms with van der Waals surface area (Å²) < 4.78 is 0. The largest absolute Gasteiger partial charge is 0.338 e. The molecule has 4 rings (SSSR count). The second-order valence-electron chi connectivity index (χ2n) is 7.96. The predicted molar refractivity (Wildman–Crippen MR) is 118 cm³/mol. The maximum absolute atomic E-state index is 13.2. The average Bonchev–Trinajstić information content (AvgIpc) is 3.16. The van der Waals surface area contributed by atoms with E-state index in [0.717, 1.165) is 48.3 Å². The Kier molecular flexibility index (Phi) is 5.68. The molecule has 0 bridgehead atoms. The molecule has 0 atom stereocenters. The number of carbonyl (C=O) groups excluding carboxylic acids is 2. The number of benzene rings is 2. The Labute approximate surface area is 177 Å². The number of nitrogens with zero attached hydrogens (tertiary/aromatic N) is 2. The lowest BCUT2D eigenvalue weighted by atomic mass is 9.99. The number of hydrogen-bond donors (Lipinski definition) is 0. The van der Waals surface area contributed by atoms with Crippen LogP contribution in [-0.4, -0.2) is 51.9 Å². The number of likely N-dealkylation sites (tertiary alicyclic amines) is 1. The Bertz CT molecular complexity index is 901. The van der Waals surface area contributed by atoms with Crippen LogP contribution in [0.5, 0.6) is 0 Å². The number of thioether (sulfide) groups is 1. The standard InChI is InChI=1S/C24H28N2O2S/c1-3-19-7-9-20(10-8-19)22(27)25-13-11-24(12-14-25)26(15-16-29-24)23(28)21-6-4-5-18(2)17-21/h4-10,17H,3,11-16H2,1-2H3. The first-order valence-electron chi connectivity index (χ1n) is 10.4. The molecule has 2 heterocycles. The molecule has 5 heteroatoms. The van der Waals surface area contributed by atoms with Gasteiger partial charge in [-0.2, -0.15) is 0 Å². The van der Waals surface area contributed by atoms with E-state index in [1.807, 2.05) is 72.1 Å². The van der Waals surface area contributed by atoms with Crippen LogP contribution >= 0.6 is 11.8 Å². The van der Waals surface area contributed by atoms with Crippen molar-refractivity contribution in [3.8, 4) is 0 Å². The molecule has 0 radical (unpaired) electrons. The molecule has 2 aliphatic rings. The van der Waals surface area contributed by atoms with Crippen molar-refractivity contribution in [2.24, 2.45) is 0 Å². The van der Waals surface area contributed by atoms with E-state index in [-0.39, 0.29) is 16.7 Å². The van der Waals surface area contributed by atoms with Gasteiger partial charge in [0.25, 0.3) is 11.8 Å². The Morgan fingerprint density at radius 2 is 1.69 bits per heavy atom. The van der Waals surface area contributed by atoms with Gasteiger partial charge in [-0.25, -0.2) is 0 Å². The van der Waals surface area contributed by atoms with Crippen molar-refractivity contribution in [1.82, 2.24) is 9.80 Å². The van der Waals surface area contributed by atoms with E-state index in [2.05, 4.69) is 11.8 Å². The summed E-state index contributed by atoms with van der Waals surface area (Å²) >= 11 is 1.88. The first-order valence-corrected chi connectivity index (χ1v) is 11.4. The third kappa shape index (κ3) is 3.93. The highest BCUT2D eigenvalue weighted by molar-refractivity contribution is 8.00. The van der Waals surface area contributed by atoms with Crippen LogP contribution in [0, 0.1) is 6.92 Å². The van der Waals surface area contributed by atoms with Gasteiger partial charge in [0.1, 0.15) is 0 Å². The first-order chi connectivity index (χ1) is 14.0. The minimum Gasteiger partial charge on any atom is -0.338 e. The van der Waals surface area contributed by atoms with Crippen LogP contribution < -0.4 is 0 Å². The lowest BCUT2D eigenvalue weighted by Crippen LogP contribution is -2.53. The van der Waals surface area contributed by atoms with Gasteiger partial charge in [0.15, 0.2) is 0 Å². The fourth-order valence-corrected chi connectivity index (χ4v) is 5.82. The minimum atomic E-state index is -0.177. The van der Waals surface area contributed by atoms with E-state index in [0.29, 0.717) is 13.1 Å². The normalized spacial score (nSPS) is 18.3. The summed E-state index contributed by atoms with van der Waals surface area (Å²) in [7, 11) is 0. The molecule has 0 N–H and O–H groups in total. The van der Waals surface area contributed by atoms with E-state index in [1.54, 1.807) is 0 Å². The molecule has 2 fully saturated rings. The molecular formula is C24H28N2O2S. The fourth-order valence-electron chi connectivity index (χ4n) is 4.37. The summed E-state index contributed by atoms with van der Waals surface area (Å²) in [5.41, 5.74) is 3.87. The van der Waals surface area contributed by atoms with Crippen LogP contribution in [-0.2, 0) is 6.42 Å². The molecule has 0 aliphatic carbocycles. The highest BCUT2D eigenvalue weighted by Crippen LogP contribution is 2.44. The molecule has 2 aromatic carbocycles. The van der Waals surface area contributed by atoms with Gasteiger partial charge in [-0.3, -0.25) is 9.59 Å². The van der Waals surface area contributed by atoms with E-state index in [4.69, 9.17) is 0 Å². The lowest BCUT2D eigenvalue weighted by Gasteiger charge is -2.44. The second kappa shape index (κ2) is 8.23. The minimum absolute atomic E-state index is 0.0991. The molecule has 2 saturated heterocycles. The fraction of sp³-hybridized carbons (Fsp3) is 0.417. The zero-order chi connectivity index (χ0) is 20.4. The number of carbonyl (C=O) groups is 2. The van der Waals surface area contributed by atoms with Crippen molar-refractivity contribution in [1.29, 1.82) is 0 Å². The number of aryl methyl sites for hydroxylation is 2. The van der Waals surface area contributed by atoms with Crippen LogP contribution in [0.1, 0.15) is 51.6 Å². The van der Waals surface area contributed by atoms with E-state index < -0.39 is 0 Å².